The van der Waals surface area contributed by atoms with Gasteiger partial charge >= 0.3 is 31.3 Å². The third-order valence-electron chi connectivity index (χ3n) is 14.8. The lowest BCUT2D eigenvalue weighted by Crippen LogP contribution is -2.37. The van der Waals surface area contributed by atoms with Crippen molar-refractivity contribution in [3.63, 3.8) is 0 Å². The number of phosphoric acid groups is 4. The van der Waals surface area contributed by atoms with Crippen molar-refractivity contribution in [1.82, 2.24) is 78.1 Å². The third kappa shape index (κ3) is 12.4. The summed E-state index contributed by atoms with van der Waals surface area (Å²) < 4.78 is 118. The molecule has 53 heteroatoms. The number of nitrogen functional groups attached to an aromatic ring is 8. The van der Waals surface area contributed by atoms with E-state index in [1.807, 2.05) is 0 Å². The van der Waals surface area contributed by atoms with Crippen LogP contribution in [0, 0.1) is 0 Å². The molecule has 26 N–H and O–H groups in total. The van der Waals surface area contributed by atoms with Crippen LogP contribution in [0.1, 0.15) is 24.9 Å². The molecule has 8 aromatic heterocycles. The number of aliphatic hydroxyl groups excluding tert-OH is 5. The monoisotopic (exact) mass is 1390 g/mol. The van der Waals surface area contributed by atoms with Gasteiger partial charge < -0.3 is 115 Å². The summed E-state index contributed by atoms with van der Waals surface area (Å²) in [7, 11) is -22.2. The normalized spacial score (nSPS) is 30.5. The SMILES string of the molecule is Nc1ncnc2c1nc(N)n2C1O[C@H](COP(=O)(O)O[C@H]2C(n3c(N)nc4c(N)ncnc43)O[C@H](COP(=O)(O)O[C@H]3C(n4c(N)nc5c(N)ncnc54)O[C@H](COP(=O)(O)O[C@H]4C(n5c(N)nc6c(N)ncnc65)O[C@H](COP(=O)(O)O)[C@H]4O)[C@H]3O)[C@H]2O)[C@@H](O)[C@H]1O. The van der Waals surface area contributed by atoms with E-state index in [1.165, 1.54) is 0 Å². The topological polar surface area (TPSA) is 755 Å². The fraction of sp³-hybridized carbons (Fsp3) is 0.500. The summed E-state index contributed by atoms with van der Waals surface area (Å²) in [5.41, 5.74) is 47.6. The molecule has 4 aliphatic heterocycles. The van der Waals surface area contributed by atoms with Crippen LogP contribution >= 0.6 is 31.3 Å². The minimum absolute atomic E-state index is 0.0115. The van der Waals surface area contributed by atoms with Crippen molar-refractivity contribution in [1.29, 1.82) is 0 Å². The minimum atomic E-state index is -5.74. The summed E-state index contributed by atoms with van der Waals surface area (Å²) >= 11 is 0. The first-order valence-electron chi connectivity index (χ1n) is 26.5. The van der Waals surface area contributed by atoms with E-state index in [0.29, 0.717) is 0 Å². The number of imidazole rings is 4. The Morgan fingerprint density at radius 1 is 0.366 bits per heavy atom. The quantitative estimate of drug-likeness (QED) is 0.0281. The number of ether oxygens (including phenoxy) is 4. The second-order valence-electron chi connectivity index (χ2n) is 20.6. The van der Waals surface area contributed by atoms with E-state index in [2.05, 4.69) is 64.3 Å². The van der Waals surface area contributed by atoms with Crippen LogP contribution in [0.2, 0.25) is 0 Å². The predicted octanol–water partition coefficient (Wildman–Crippen LogP) is -5.99. The molecular formula is C40H54N24O25P4. The largest absolute Gasteiger partial charge is 0.472 e. The molecule has 4 aliphatic rings. The van der Waals surface area contributed by atoms with Crippen molar-refractivity contribution >= 4 is 123 Å². The molecule has 504 valence electrons. The van der Waals surface area contributed by atoms with Gasteiger partial charge in [0.15, 0.2) is 92.8 Å². The van der Waals surface area contributed by atoms with Crippen molar-refractivity contribution < 1.29 is 119 Å². The molecular weight excluding hydrogens is 1340 g/mol. The Hall–Kier alpha value is -7.32. The van der Waals surface area contributed by atoms with Gasteiger partial charge in [-0.05, 0) is 0 Å². The Kier molecular flexibility index (Phi) is 17.3. The van der Waals surface area contributed by atoms with E-state index in [-0.39, 0.29) is 73.9 Å². The highest BCUT2D eigenvalue weighted by Gasteiger charge is 2.56. The van der Waals surface area contributed by atoms with Crippen LogP contribution in [-0.2, 0) is 68.9 Å². The van der Waals surface area contributed by atoms with Gasteiger partial charge in [-0.2, -0.15) is 0 Å². The average Bonchev–Trinajstić information content (AvgIpc) is 1.63. The molecule has 0 radical (unpaired) electrons. The molecule has 4 fully saturated rings. The van der Waals surface area contributed by atoms with Crippen molar-refractivity contribution in [3.05, 3.63) is 25.3 Å². The minimum Gasteiger partial charge on any atom is -0.387 e. The molecule has 7 unspecified atom stereocenters. The maximum atomic E-state index is 14.2. The van der Waals surface area contributed by atoms with Crippen molar-refractivity contribution in [2.75, 3.05) is 72.3 Å². The zero-order valence-corrected chi connectivity index (χ0v) is 50.1. The summed E-state index contributed by atoms with van der Waals surface area (Å²) in [5.74, 6) is -2.43. The Labute approximate surface area is 514 Å². The van der Waals surface area contributed by atoms with Gasteiger partial charge in [-0.3, -0.25) is 49.9 Å². The van der Waals surface area contributed by atoms with Crippen molar-refractivity contribution in [3.8, 4) is 0 Å². The first-order chi connectivity index (χ1) is 43.8. The van der Waals surface area contributed by atoms with Gasteiger partial charge in [0.05, 0.1) is 26.4 Å². The molecule has 0 aliphatic carbocycles. The van der Waals surface area contributed by atoms with Gasteiger partial charge in [0, 0.05) is 0 Å². The second kappa shape index (κ2) is 24.5. The van der Waals surface area contributed by atoms with Gasteiger partial charge in [-0.25, -0.2) is 78.1 Å². The van der Waals surface area contributed by atoms with Gasteiger partial charge in [0.2, 0.25) is 23.8 Å². The number of nitrogens with zero attached hydrogens (tertiary/aromatic N) is 16. The zero-order chi connectivity index (χ0) is 66.7. The van der Waals surface area contributed by atoms with Crippen molar-refractivity contribution in [2.45, 2.75) is 98.2 Å². The van der Waals surface area contributed by atoms with E-state index in [0.717, 1.165) is 43.6 Å². The zero-order valence-electron chi connectivity index (χ0n) is 46.5. The molecule has 8 aromatic rings. The highest BCUT2D eigenvalue weighted by Crippen LogP contribution is 2.55. The van der Waals surface area contributed by atoms with Crippen molar-refractivity contribution in [2.24, 2.45) is 0 Å². The molecule has 0 amide bonds. The lowest BCUT2D eigenvalue weighted by molar-refractivity contribution is -0.0646. The van der Waals surface area contributed by atoms with Gasteiger partial charge in [0.25, 0.3) is 0 Å². The Balaban J connectivity index is 0.771. The van der Waals surface area contributed by atoms with E-state index >= 15 is 0 Å². The number of hydrogen-bond donors (Lipinski definition) is 18. The van der Waals surface area contributed by atoms with Crippen LogP contribution in [0.3, 0.4) is 0 Å². The fourth-order valence-electron chi connectivity index (χ4n) is 10.6. The lowest BCUT2D eigenvalue weighted by atomic mass is 10.1. The molecule has 19 atom stereocenters. The molecule has 0 bridgehead atoms. The highest BCUT2D eigenvalue weighted by molar-refractivity contribution is 7.48. The molecule has 0 spiro atoms. The van der Waals surface area contributed by atoms with Gasteiger partial charge in [0.1, 0.15) is 98.6 Å². The van der Waals surface area contributed by atoms with Crippen LogP contribution in [0.15, 0.2) is 25.3 Å². The number of aromatic nitrogens is 16. The summed E-state index contributed by atoms with van der Waals surface area (Å²) in [6.45, 7) is -4.47. The third-order valence-corrected chi connectivity index (χ3v) is 18.2. The molecule has 4 saturated heterocycles. The number of nitrogens with two attached hydrogens (primary N) is 8. The smallest absolute Gasteiger partial charge is 0.387 e. The number of anilines is 8. The van der Waals surface area contributed by atoms with E-state index in [1.54, 1.807) is 0 Å². The molecule has 12 rings (SSSR count). The number of rotatable bonds is 22. The van der Waals surface area contributed by atoms with Gasteiger partial charge in [-0.15, -0.1) is 0 Å². The Morgan fingerprint density at radius 2 is 0.613 bits per heavy atom. The van der Waals surface area contributed by atoms with E-state index in [4.69, 9.17) is 92.0 Å². The lowest BCUT2D eigenvalue weighted by Gasteiger charge is -2.26. The van der Waals surface area contributed by atoms with Gasteiger partial charge in [-0.1, -0.05) is 0 Å². The van der Waals surface area contributed by atoms with Crippen LogP contribution in [0.5, 0.6) is 0 Å². The Bertz CT molecular complexity index is 4370. The van der Waals surface area contributed by atoms with Crippen LogP contribution in [0.4, 0.5) is 47.1 Å². The number of hydrogen-bond acceptors (Lipinski definition) is 40. The second-order valence-corrected chi connectivity index (χ2v) is 26.0. The maximum Gasteiger partial charge on any atom is 0.472 e. The number of phosphoric ester groups is 4. The number of aliphatic hydroxyl groups is 5. The molecule has 12 heterocycles. The molecule has 49 nitrogen and oxygen atoms in total. The van der Waals surface area contributed by atoms with E-state index in [9.17, 15) is 68.3 Å². The van der Waals surface area contributed by atoms with Crippen LogP contribution < -0.4 is 45.9 Å². The summed E-state index contributed by atoms with van der Waals surface area (Å²) in [4.78, 5) is 101. The average molecular weight is 1390 g/mol. The maximum absolute atomic E-state index is 14.2. The van der Waals surface area contributed by atoms with Crippen LogP contribution in [-0.4, -0.2) is 228 Å². The summed E-state index contributed by atoms with van der Waals surface area (Å²) in [6.07, 6.45) is -26.9. The predicted molar refractivity (Wildman–Crippen MR) is 302 cm³/mol. The first-order valence-corrected chi connectivity index (χ1v) is 32.5. The molecule has 0 saturated carbocycles. The standard InChI is InChI=1S/C40H54N24O25P4/c41-25-13-29(53-5-49-25)61(37(45)57-13)33-21(69)17(65)9(83-33)2-80-91(73,74)88-23-19(67)11(85-35(23)63-31-15(59-39(63)47)27(43)51-7-55-31)4-82-93(77,78)89-24-20(68)12(86-36(24)64-32-16(60-40(64)48)28(44)52-8-56-32)3-81-92(75,76)87-22-18(66)10(1-79-90(70,71)72)84-34(22)62-30-14(58-38(62)46)26(42)50-6-54-30/h5-12,17-24,33-36,65-69H,1-4H2,(H2,45,57)(H2,46,58)(H2,47,59)(H2,48,60)(H,73,74)(H,75,76)(H,77,78)(H2,41,49,53)(H2,42,50,54)(H2,43,51,55)(H2,44,52,56)(H2,70,71,72)/t9-,10-,11-,12-,17-,18-,19-,20-,21-,22-,23-,24-,33?,34?,35?,36?/m1/s1. The fourth-order valence-corrected chi connectivity index (χ4v) is 13.8. The highest BCUT2D eigenvalue weighted by atomic mass is 31.2. The van der Waals surface area contributed by atoms with E-state index < -0.39 is 174 Å². The summed E-state index contributed by atoms with van der Waals surface area (Å²) in [5, 5.41) is 57.2. The first kappa shape index (κ1) is 65.7. The van der Waals surface area contributed by atoms with Crippen LogP contribution in [0.25, 0.3) is 44.7 Å². The number of fused-ring (bicyclic) bond motifs is 4. The molecule has 0 aromatic carbocycles. The molecule has 93 heavy (non-hydrogen) atoms. The Morgan fingerprint density at radius 3 is 0.892 bits per heavy atom. The summed E-state index contributed by atoms with van der Waals surface area (Å²) in [6, 6.07) is 0.